The van der Waals surface area contributed by atoms with Gasteiger partial charge in [-0.2, -0.15) is 0 Å². The van der Waals surface area contributed by atoms with Gasteiger partial charge in [-0.05, 0) is 26.8 Å². The van der Waals surface area contributed by atoms with E-state index in [1.807, 2.05) is 13.8 Å². The number of urea groups is 1. The number of amides is 3. The SMILES string of the molecule is CCNC(=O)N1CCN(C(=O)c2cc(C)oc2C)CC1. The first-order valence-corrected chi connectivity index (χ1v) is 6.92. The van der Waals surface area contributed by atoms with Crippen LogP contribution >= 0.6 is 0 Å². The maximum absolute atomic E-state index is 12.4. The average molecular weight is 279 g/mol. The van der Waals surface area contributed by atoms with Crippen LogP contribution in [0.4, 0.5) is 4.79 Å². The number of nitrogens with zero attached hydrogens (tertiary/aromatic N) is 2. The Hall–Kier alpha value is -1.98. The first-order valence-electron chi connectivity index (χ1n) is 6.92. The van der Waals surface area contributed by atoms with E-state index in [4.69, 9.17) is 4.42 Å². The van der Waals surface area contributed by atoms with Crippen LogP contribution in [0.25, 0.3) is 0 Å². The Balaban J connectivity index is 1.95. The van der Waals surface area contributed by atoms with Gasteiger partial charge in [0, 0.05) is 32.7 Å². The Morgan fingerprint density at radius 3 is 2.30 bits per heavy atom. The van der Waals surface area contributed by atoms with Crippen molar-refractivity contribution in [2.24, 2.45) is 0 Å². The van der Waals surface area contributed by atoms with Gasteiger partial charge in [0.2, 0.25) is 0 Å². The van der Waals surface area contributed by atoms with Crippen molar-refractivity contribution in [1.29, 1.82) is 0 Å². The molecule has 0 aliphatic carbocycles. The topological polar surface area (TPSA) is 65.8 Å². The van der Waals surface area contributed by atoms with Gasteiger partial charge < -0.3 is 19.5 Å². The van der Waals surface area contributed by atoms with Crippen molar-refractivity contribution in [3.05, 3.63) is 23.2 Å². The van der Waals surface area contributed by atoms with Gasteiger partial charge in [0.05, 0.1) is 5.56 Å². The number of nitrogens with one attached hydrogen (secondary N) is 1. The van der Waals surface area contributed by atoms with E-state index in [9.17, 15) is 9.59 Å². The minimum absolute atomic E-state index is 0.0186. The second-order valence-electron chi connectivity index (χ2n) is 4.94. The summed E-state index contributed by atoms with van der Waals surface area (Å²) in [4.78, 5) is 27.6. The molecule has 3 amide bonds. The number of carbonyl (C=O) groups excluding carboxylic acids is 2. The molecule has 0 atom stereocenters. The first kappa shape index (κ1) is 14.4. The minimum atomic E-state index is -0.0602. The molecule has 20 heavy (non-hydrogen) atoms. The third-order valence-corrected chi connectivity index (χ3v) is 3.45. The highest BCUT2D eigenvalue weighted by molar-refractivity contribution is 5.95. The molecule has 6 heteroatoms. The summed E-state index contributed by atoms with van der Waals surface area (Å²) < 4.78 is 5.40. The van der Waals surface area contributed by atoms with E-state index < -0.39 is 0 Å². The van der Waals surface area contributed by atoms with Gasteiger partial charge in [-0.1, -0.05) is 0 Å². The molecule has 1 aromatic rings. The molecule has 0 saturated carbocycles. The molecule has 1 fully saturated rings. The first-order chi connectivity index (χ1) is 9.52. The molecule has 6 nitrogen and oxygen atoms in total. The van der Waals surface area contributed by atoms with E-state index in [1.54, 1.807) is 22.8 Å². The summed E-state index contributed by atoms with van der Waals surface area (Å²) in [6, 6.07) is 1.71. The predicted octanol–water partition coefficient (Wildman–Crippen LogP) is 1.38. The number of piperazine rings is 1. The van der Waals surface area contributed by atoms with E-state index >= 15 is 0 Å². The zero-order chi connectivity index (χ0) is 14.7. The Morgan fingerprint density at radius 2 is 1.80 bits per heavy atom. The van der Waals surface area contributed by atoms with Crippen LogP contribution in [0.5, 0.6) is 0 Å². The van der Waals surface area contributed by atoms with Gasteiger partial charge >= 0.3 is 6.03 Å². The quantitative estimate of drug-likeness (QED) is 0.889. The van der Waals surface area contributed by atoms with Gasteiger partial charge in [-0.25, -0.2) is 4.79 Å². The fourth-order valence-corrected chi connectivity index (χ4v) is 2.39. The molecule has 0 spiro atoms. The van der Waals surface area contributed by atoms with Crippen LogP contribution in [0.2, 0.25) is 0 Å². The second kappa shape index (κ2) is 5.98. The third-order valence-electron chi connectivity index (χ3n) is 3.45. The molecule has 1 saturated heterocycles. The minimum Gasteiger partial charge on any atom is -0.466 e. The number of carbonyl (C=O) groups is 2. The lowest BCUT2D eigenvalue weighted by atomic mass is 10.2. The monoisotopic (exact) mass is 279 g/mol. The van der Waals surface area contributed by atoms with E-state index in [0.717, 1.165) is 5.76 Å². The smallest absolute Gasteiger partial charge is 0.317 e. The van der Waals surface area contributed by atoms with E-state index in [2.05, 4.69) is 5.32 Å². The third kappa shape index (κ3) is 2.95. The highest BCUT2D eigenvalue weighted by Gasteiger charge is 2.26. The Labute approximate surface area is 118 Å². The van der Waals surface area contributed by atoms with Gasteiger partial charge in [-0.3, -0.25) is 4.79 Å². The number of hydrogen-bond donors (Lipinski definition) is 1. The lowest BCUT2D eigenvalue weighted by Crippen LogP contribution is -2.53. The second-order valence-corrected chi connectivity index (χ2v) is 4.94. The zero-order valence-electron chi connectivity index (χ0n) is 12.2. The van der Waals surface area contributed by atoms with Crippen molar-refractivity contribution in [2.45, 2.75) is 20.8 Å². The van der Waals surface area contributed by atoms with Crippen LogP contribution in [-0.4, -0.2) is 54.5 Å². The van der Waals surface area contributed by atoms with Gasteiger partial charge in [0.1, 0.15) is 11.5 Å². The number of aryl methyl sites for hydroxylation is 2. The maximum atomic E-state index is 12.4. The normalized spacial score (nSPS) is 15.3. The van der Waals surface area contributed by atoms with E-state index in [0.29, 0.717) is 44.0 Å². The number of furan rings is 1. The van der Waals surface area contributed by atoms with Gasteiger partial charge in [0.25, 0.3) is 5.91 Å². The molecule has 1 N–H and O–H groups in total. The standard InChI is InChI=1S/C14H21N3O3/c1-4-15-14(19)17-7-5-16(6-8-17)13(18)12-9-10(2)20-11(12)3/h9H,4-8H2,1-3H3,(H,15,19). The molecule has 1 aliphatic heterocycles. The highest BCUT2D eigenvalue weighted by atomic mass is 16.3. The van der Waals surface area contributed by atoms with E-state index in [-0.39, 0.29) is 11.9 Å². The van der Waals surface area contributed by atoms with Crippen LogP contribution < -0.4 is 5.32 Å². The molecule has 110 valence electrons. The molecule has 2 rings (SSSR count). The Kier molecular flexibility index (Phi) is 4.32. The van der Waals surface area contributed by atoms with Crippen molar-refractivity contribution in [2.75, 3.05) is 32.7 Å². The summed E-state index contributed by atoms with van der Waals surface area (Å²) >= 11 is 0. The molecule has 0 radical (unpaired) electrons. The summed E-state index contributed by atoms with van der Waals surface area (Å²) in [5, 5.41) is 2.77. The molecule has 0 aromatic carbocycles. The zero-order valence-corrected chi connectivity index (χ0v) is 12.2. The van der Waals surface area contributed by atoms with Crippen molar-refractivity contribution in [3.8, 4) is 0 Å². The lowest BCUT2D eigenvalue weighted by molar-refractivity contribution is 0.0663. The summed E-state index contributed by atoms with van der Waals surface area (Å²) in [6.45, 7) is 8.37. The summed E-state index contributed by atoms with van der Waals surface area (Å²) in [5.74, 6) is 1.38. The van der Waals surface area contributed by atoms with Gasteiger partial charge in [-0.15, -0.1) is 0 Å². The Morgan fingerprint density at radius 1 is 1.20 bits per heavy atom. The lowest BCUT2D eigenvalue weighted by Gasteiger charge is -2.34. The van der Waals surface area contributed by atoms with Crippen molar-refractivity contribution in [1.82, 2.24) is 15.1 Å². The fraction of sp³-hybridized carbons (Fsp3) is 0.571. The van der Waals surface area contributed by atoms with Crippen molar-refractivity contribution >= 4 is 11.9 Å². The largest absolute Gasteiger partial charge is 0.466 e. The summed E-state index contributed by atoms with van der Waals surface area (Å²) in [7, 11) is 0. The molecular formula is C14H21N3O3. The predicted molar refractivity (Wildman–Crippen MR) is 74.7 cm³/mol. The molecule has 2 heterocycles. The molecule has 1 aromatic heterocycles. The van der Waals surface area contributed by atoms with Crippen LogP contribution in [0, 0.1) is 13.8 Å². The van der Waals surface area contributed by atoms with Crippen LogP contribution in [0.15, 0.2) is 10.5 Å². The fourth-order valence-electron chi connectivity index (χ4n) is 2.39. The van der Waals surface area contributed by atoms with Crippen LogP contribution in [0.3, 0.4) is 0 Å². The number of rotatable bonds is 2. The van der Waals surface area contributed by atoms with Crippen LogP contribution in [0.1, 0.15) is 28.8 Å². The molecule has 0 unspecified atom stereocenters. The average Bonchev–Trinajstić information content (AvgIpc) is 2.77. The molecule has 1 aliphatic rings. The van der Waals surface area contributed by atoms with Crippen molar-refractivity contribution in [3.63, 3.8) is 0 Å². The maximum Gasteiger partial charge on any atom is 0.317 e. The molecule has 0 bridgehead atoms. The van der Waals surface area contributed by atoms with Crippen LogP contribution in [-0.2, 0) is 0 Å². The summed E-state index contributed by atoms with van der Waals surface area (Å²) in [6.07, 6.45) is 0. The van der Waals surface area contributed by atoms with Gasteiger partial charge in [0.15, 0.2) is 0 Å². The van der Waals surface area contributed by atoms with E-state index in [1.165, 1.54) is 0 Å². The molecular weight excluding hydrogens is 258 g/mol. The number of hydrogen-bond acceptors (Lipinski definition) is 3. The summed E-state index contributed by atoms with van der Waals surface area (Å²) in [5.41, 5.74) is 0.619. The highest BCUT2D eigenvalue weighted by Crippen LogP contribution is 2.17. The Bertz CT molecular complexity index is 502. The van der Waals surface area contributed by atoms with Crippen molar-refractivity contribution < 1.29 is 14.0 Å².